The van der Waals surface area contributed by atoms with Gasteiger partial charge in [-0.05, 0) is 39.2 Å². The highest BCUT2D eigenvalue weighted by molar-refractivity contribution is 5.93. The van der Waals surface area contributed by atoms with E-state index in [-0.39, 0.29) is 5.91 Å². The lowest BCUT2D eigenvalue weighted by atomic mass is 9.80. The monoisotopic (exact) mass is 404 g/mol. The molecule has 2 N–H and O–H groups in total. The van der Waals surface area contributed by atoms with Crippen molar-refractivity contribution in [1.29, 1.82) is 0 Å². The quantitative estimate of drug-likeness (QED) is 0.711. The number of hydrogen-bond donors (Lipinski definition) is 2. The van der Waals surface area contributed by atoms with Crippen molar-refractivity contribution in [2.75, 3.05) is 7.11 Å². The molecule has 0 aliphatic heterocycles. The SMILES string of the molecule is COC(=O)C(Cc1ccccc1)NC(=O)C1(NC(=O)OC(C)(C)C)CCCCC1. The Morgan fingerprint density at radius 2 is 1.69 bits per heavy atom. The van der Waals surface area contributed by atoms with Gasteiger partial charge in [-0.25, -0.2) is 9.59 Å². The molecule has 2 amide bonds. The van der Waals surface area contributed by atoms with Crippen molar-refractivity contribution in [3.05, 3.63) is 35.9 Å². The first-order valence-electron chi connectivity index (χ1n) is 10.1. The summed E-state index contributed by atoms with van der Waals surface area (Å²) in [4.78, 5) is 38.0. The second-order valence-electron chi connectivity index (χ2n) is 8.51. The fourth-order valence-electron chi connectivity index (χ4n) is 3.54. The minimum atomic E-state index is -1.09. The summed E-state index contributed by atoms with van der Waals surface area (Å²) in [5.41, 5.74) is -0.858. The lowest BCUT2D eigenvalue weighted by Gasteiger charge is -2.37. The Bertz CT molecular complexity index is 706. The van der Waals surface area contributed by atoms with E-state index in [1.165, 1.54) is 7.11 Å². The number of ether oxygens (including phenoxy) is 2. The van der Waals surface area contributed by atoms with Gasteiger partial charge in [-0.1, -0.05) is 49.6 Å². The maximum Gasteiger partial charge on any atom is 0.408 e. The molecular formula is C22H32N2O5. The van der Waals surface area contributed by atoms with E-state index in [0.717, 1.165) is 24.8 Å². The molecule has 0 spiro atoms. The first kappa shape index (κ1) is 22.7. The summed E-state index contributed by atoms with van der Waals surface area (Å²) in [5.74, 6) is -0.903. The fraction of sp³-hybridized carbons (Fsp3) is 0.591. The van der Waals surface area contributed by atoms with Crippen molar-refractivity contribution in [1.82, 2.24) is 10.6 Å². The van der Waals surface area contributed by atoms with Crippen LogP contribution in [0.4, 0.5) is 4.79 Å². The van der Waals surface area contributed by atoms with Gasteiger partial charge in [0.15, 0.2) is 0 Å². The molecule has 0 bridgehead atoms. The molecule has 1 fully saturated rings. The molecule has 7 nitrogen and oxygen atoms in total. The first-order valence-corrected chi connectivity index (χ1v) is 10.1. The molecule has 0 radical (unpaired) electrons. The van der Waals surface area contributed by atoms with Crippen molar-refractivity contribution in [3.8, 4) is 0 Å². The van der Waals surface area contributed by atoms with Crippen LogP contribution in [0, 0.1) is 0 Å². The largest absolute Gasteiger partial charge is 0.467 e. The zero-order chi connectivity index (χ0) is 21.5. The second-order valence-corrected chi connectivity index (χ2v) is 8.51. The molecule has 1 saturated carbocycles. The average molecular weight is 405 g/mol. The van der Waals surface area contributed by atoms with Gasteiger partial charge in [-0.3, -0.25) is 4.79 Å². The van der Waals surface area contributed by atoms with Crippen LogP contribution in [0.2, 0.25) is 0 Å². The summed E-state index contributed by atoms with van der Waals surface area (Å²) >= 11 is 0. The number of alkyl carbamates (subject to hydrolysis) is 1. The van der Waals surface area contributed by atoms with Crippen molar-refractivity contribution in [3.63, 3.8) is 0 Å². The van der Waals surface area contributed by atoms with Crippen molar-refractivity contribution in [2.45, 2.75) is 76.5 Å². The van der Waals surface area contributed by atoms with Crippen molar-refractivity contribution < 1.29 is 23.9 Å². The van der Waals surface area contributed by atoms with E-state index in [1.807, 2.05) is 30.3 Å². The van der Waals surface area contributed by atoms with Gasteiger partial charge in [-0.2, -0.15) is 0 Å². The van der Waals surface area contributed by atoms with Gasteiger partial charge in [0.2, 0.25) is 5.91 Å². The number of carbonyl (C=O) groups is 3. The minimum absolute atomic E-state index is 0.307. The van der Waals surface area contributed by atoms with Gasteiger partial charge in [0.1, 0.15) is 17.2 Å². The molecular weight excluding hydrogens is 372 g/mol. The molecule has 1 aromatic rings. The van der Waals surface area contributed by atoms with Crippen LogP contribution >= 0.6 is 0 Å². The second kappa shape index (κ2) is 9.76. The minimum Gasteiger partial charge on any atom is -0.467 e. The van der Waals surface area contributed by atoms with Crippen LogP contribution < -0.4 is 10.6 Å². The standard InChI is InChI=1S/C22H32N2O5/c1-21(2,3)29-20(27)24-22(13-9-6-10-14-22)19(26)23-17(18(25)28-4)15-16-11-7-5-8-12-16/h5,7-8,11-12,17H,6,9-10,13-15H2,1-4H3,(H,23,26)(H,24,27). The number of methoxy groups -OCH3 is 1. The highest BCUT2D eigenvalue weighted by Gasteiger charge is 2.43. The van der Waals surface area contributed by atoms with Crippen LogP contribution in [-0.2, 0) is 25.5 Å². The molecule has 0 aromatic heterocycles. The average Bonchev–Trinajstić information content (AvgIpc) is 2.66. The summed E-state index contributed by atoms with van der Waals surface area (Å²) in [6, 6.07) is 8.57. The third-order valence-corrected chi connectivity index (χ3v) is 4.96. The van der Waals surface area contributed by atoms with Crippen LogP contribution in [0.1, 0.15) is 58.4 Å². The Morgan fingerprint density at radius 3 is 2.24 bits per heavy atom. The maximum atomic E-state index is 13.3. The van der Waals surface area contributed by atoms with E-state index >= 15 is 0 Å². The Balaban J connectivity index is 2.17. The van der Waals surface area contributed by atoms with Gasteiger partial charge in [0.05, 0.1) is 7.11 Å². The molecule has 1 atom stereocenters. The summed E-state index contributed by atoms with van der Waals surface area (Å²) in [6.45, 7) is 5.31. The zero-order valence-corrected chi connectivity index (χ0v) is 17.7. The normalized spacial score (nSPS) is 17.0. The molecule has 160 valence electrons. The Labute approximate surface area is 172 Å². The Hall–Kier alpha value is -2.57. The molecule has 1 aliphatic rings. The number of esters is 1. The Morgan fingerprint density at radius 1 is 1.07 bits per heavy atom. The topological polar surface area (TPSA) is 93.7 Å². The number of benzene rings is 1. The predicted octanol–water partition coefficient (Wildman–Crippen LogP) is 3.11. The van der Waals surface area contributed by atoms with Crippen molar-refractivity contribution >= 4 is 18.0 Å². The van der Waals surface area contributed by atoms with Crippen LogP contribution in [0.15, 0.2) is 30.3 Å². The summed E-state index contributed by atoms with van der Waals surface area (Å²) in [6.07, 6.45) is 3.29. The molecule has 0 saturated heterocycles. The number of hydrogen-bond acceptors (Lipinski definition) is 5. The first-order chi connectivity index (χ1) is 13.6. The number of rotatable bonds is 6. The van der Waals surface area contributed by atoms with Gasteiger partial charge < -0.3 is 20.1 Å². The van der Waals surface area contributed by atoms with Gasteiger partial charge >= 0.3 is 12.1 Å². The van der Waals surface area contributed by atoms with E-state index in [4.69, 9.17) is 9.47 Å². The van der Waals surface area contributed by atoms with E-state index < -0.39 is 29.2 Å². The number of nitrogens with one attached hydrogen (secondary N) is 2. The lowest BCUT2D eigenvalue weighted by molar-refractivity contribution is -0.146. The van der Waals surface area contributed by atoms with Gasteiger partial charge in [0, 0.05) is 6.42 Å². The molecule has 1 aromatic carbocycles. The number of amides is 2. The van der Waals surface area contributed by atoms with Crippen LogP contribution in [0.5, 0.6) is 0 Å². The summed E-state index contributed by atoms with van der Waals surface area (Å²) in [7, 11) is 1.29. The highest BCUT2D eigenvalue weighted by atomic mass is 16.6. The fourth-order valence-corrected chi connectivity index (χ4v) is 3.54. The molecule has 1 aliphatic carbocycles. The molecule has 7 heteroatoms. The lowest BCUT2D eigenvalue weighted by Crippen LogP contribution is -2.62. The highest BCUT2D eigenvalue weighted by Crippen LogP contribution is 2.29. The van der Waals surface area contributed by atoms with Gasteiger partial charge in [0.25, 0.3) is 0 Å². The predicted molar refractivity (Wildman–Crippen MR) is 109 cm³/mol. The van der Waals surface area contributed by atoms with E-state index in [9.17, 15) is 14.4 Å². The maximum absolute atomic E-state index is 13.3. The third-order valence-electron chi connectivity index (χ3n) is 4.96. The van der Waals surface area contributed by atoms with Crippen LogP contribution in [0.3, 0.4) is 0 Å². The van der Waals surface area contributed by atoms with Crippen LogP contribution in [-0.4, -0.2) is 42.3 Å². The Kier molecular flexibility index (Phi) is 7.65. The van der Waals surface area contributed by atoms with E-state index in [1.54, 1.807) is 20.8 Å². The molecule has 0 heterocycles. The molecule has 2 rings (SSSR count). The van der Waals surface area contributed by atoms with Gasteiger partial charge in [-0.15, -0.1) is 0 Å². The van der Waals surface area contributed by atoms with E-state index in [2.05, 4.69) is 10.6 Å². The summed E-state index contributed by atoms with van der Waals surface area (Å²) < 4.78 is 10.3. The smallest absolute Gasteiger partial charge is 0.408 e. The van der Waals surface area contributed by atoms with Crippen LogP contribution in [0.25, 0.3) is 0 Å². The van der Waals surface area contributed by atoms with E-state index in [0.29, 0.717) is 19.3 Å². The molecule has 1 unspecified atom stereocenters. The zero-order valence-electron chi connectivity index (χ0n) is 17.7. The third kappa shape index (κ3) is 6.76. The van der Waals surface area contributed by atoms with Crippen molar-refractivity contribution in [2.24, 2.45) is 0 Å². The number of carbonyl (C=O) groups excluding carboxylic acids is 3. The summed E-state index contributed by atoms with van der Waals surface area (Å²) in [5, 5.41) is 5.60. The molecule has 29 heavy (non-hydrogen) atoms.